The van der Waals surface area contributed by atoms with Gasteiger partial charge >= 0.3 is 5.63 Å². The van der Waals surface area contributed by atoms with Crippen molar-refractivity contribution in [1.82, 2.24) is 0 Å². The number of rotatable bonds is 0. The third kappa shape index (κ3) is 1.94. The first-order valence-corrected chi connectivity index (χ1v) is 5.41. The summed E-state index contributed by atoms with van der Waals surface area (Å²) in [6, 6.07) is 9.11. The van der Waals surface area contributed by atoms with Gasteiger partial charge in [-0.2, -0.15) is 5.26 Å². The van der Waals surface area contributed by atoms with Crippen molar-refractivity contribution in [2.75, 3.05) is 0 Å². The summed E-state index contributed by atoms with van der Waals surface area (Å²) in [7, 11) is 0. The minimum atomic E-state index is -0.572. The van der Waals surface area contributed by atoms with Gasteiger partial charge in [-0.25, -0.2) is 4.79 Å². The Balaban J connectivity index is 2.88. The number of hydrogen-bond donors (Lipinski definition) is 0. The number of para-hydroxylation sites is 1. The van der Waals surface area contributed by atoms with Crippen LogP contribution in [0.5, 0.6) is 0 Å². The minimum Gasteiger partial charge on any atom is -0.421 e. The highest BCUT2D eigenvalue weighted by Gasteiger charge is 2.19. The topological polar surface area (TPSA) is 54.0 Å². The molecule has 3 heteroatoms. The second-order valence-electron chi connectivity index (χ2n) is 5.03. The molecule has 0 bridgehead atoms. The second kappa shape index (κ2) is 3.74. The molecule has 2 aromatic rings. The summed E-state index contributed by atoms with van der Waals surface area (Å²) in [5, 5.41) is 9.58. The first-order valence-electron chi connectivity index (χ1n) is 5.41. The van der Waals surface area contributed by atoms with Gasteiger partial charge in [0.25, 0.3) is 0 Å². The molecule has 0 aliphatic heterocycles. The highest BCUT2D eigenvalue weighted by Crippen LogP contribution is 2.29. The van der Waals surface area contributed by atoms with Crippen molar-refractivity contribution in [3.8, 4) is 6.07 Å². The van der Waals surface area contributed by atoms with Crippen LogP contribution in [0.25, 0.3) is 11.0 Å². The predicted molar refractivity (Wildman–Crippen MR) is 65.9 cm³/mol. The summed E-state index contributed by atoms with van der Waals surface area (Å²) in [6.45, 7) is 6.17. The molecule has 0 saturated carbocycles. The summed E-state index contributed by atoms with van der Waals surface area (Å²) in [5.74, 6) is 0. The second-order valence-corrected chi connectivity index (χ2v) is 5.03. The molecule has 0 unspecified atom stereocenters. The van der Waals surface area contributed by atoms with Crippen molar-refractivity contribution in [2.45, 2.75) is 26.2 Å². The third-order valence-corrected chi connectivity index (χ3v) is 2.69. The molecule has 0 amide bonds. The fraction of sp³-hybridized carbons (Fsp3) is 0.286. The van der Waals surface area contributed by atoms with Crippen molar-refractivity contribution in [3.63, 3.8) is 0 Å². The molecule has 0 aliphatic rings. The number of nitriles is 1. The van der Waals surface area contributed by atoms with Gasteiger partial charge in [0.05, 0.1) is 0 Å². The lowest BCUT2D eigenvalue weighted by Gasteiger charge is -2.19. The summed E-state index contributed by atoms with van der Waals surface area (Å²) >= 11 is 0. The average Bonchev–Trinajstić information content (AvgIpc) is 2.26. The van der Waals surface area contributed by atoms with E-state index in [0.29, 0.717) is 5.58 Å². The van der Waals surface area contributed by atoms with E-state index >= 15 is 0 Å². The van der Waals surface area contributed by atoms with E-state index in [1.165, 1.54) is 0 Å². The summed E-state index contributed by atoms with van der Waals surface area (Å²) in [5.41, 5.74) is 0.907. The van der Waals surface area contributed by atoms with Gasteiger partial charge in [-0.05, 0) is 11.5 Å². The van der Waals surface area contributed by atoms with E-state index in [0.717, 1.165) is 10.9 Å². The Morgan fingerprint density at radius 3 is 2.59 bits per heavy atom. The number of nitrogens with zero attached hydrogens (tertiary/aromatic N) is 1. The van der Waals surface area contributed by atoms with E-state index in [1.54, 1.807) is 6.07 Å². The van der Waals surface area contributed by atoms with E-state index in [9.17, 15) is 4.79 Å². The zero-order valence-corrected chi connectivity index (χ0v) is 10.1. The van der Waals surface area contributed by atoms with Gasteiger partial charge in [-0.1, -0.05) is 39.0 Å². The van der Waals surface area contributed by atoms with Gasteiger partial charge in [-0.3, -0.25) is 0 Å². The van der Waals surface area contributed by atoms with Gasteiger partial charge in [-0.15, -0.1) is 0 Å². The van der Waals surface area contributed by atoms with Crippen molar-refractivity contribution < 1.29 is 4.42 Å². The lowest BCUT2D eigenvalue weighted by molar-refractivity contribution is 0.528. The Hall–Kier alpha value is -2.08. The summed E-state index contributed by atoms with van der Waals surface area (Å²) in [6.07, 6.45) is 0. The van der Waals surface area contributed by atoms with Crippen LogP contribution in [-0.2, 0) is 5.41 Å². The molecule has 1 aromatic carbocycles. The molecule has 0 N–H and O–H groups in total. The van der Waals surface area contributed by atoms with Crippen LogP contribution in [0.15, 0.2) is 33.5 Å². The maximum atomic E-state index is 11.6. The number of benzene rings is 1. The number of fused-ring (bicyclic) bond motifs is 1. The molecule has 0 fully saturated rings. The van der Waals surface area contributed by atoms with Crippen molar-refractivity contribution in [3.05, 3.63) is 45.8 Å². The summed E-state index contributed by atoms with van der Waals surface area (Å²) < 4.78 is 5.26. The zero-order chi connectivity index (χ0) is 12.6. The highest BCUT2D eigenvalue weighted by molar-refractivity contribution is 5.81. The molecule has 3 nitrogen and oxygen atoms in total. The largest absolute Gasteiger partial charge is 0.421 e. The van der Waals surface area contributed by atoms with Gasteiger partial charge in [0, 0.05) is 10.9 Å². The molecule has 0 atom stereocenters. The molecule has 1 aromatic heterocycles. The van der Waals surface area contributed by atoms with Gasteiger partial charge in [0.2, 0.25) is 0 Å². The lowest BCUT2D eigenvalue weighted by Crippen LogP contribution is -2.13. The van der Waals surface area contributed by atoms with Crippen LogP contribution < -0.4 is 5.63 Å². The molecule has 1 heterocycles. The summed E-state index contributed by atoms with van der Waals surface area (Å²) in [4.78, 5) is 11.6. The fourth-order valence-corrected chi connectivity index (χ4v) is 1.81. The van der Waals surface area contributed by atoms with Gasteiger partial charge < -0.3 is 4.42 Å². The lowest BCUT2D eigenvalue weighted by atomic mass is 9.86. The van der Waals surface area contributed by atoms with E-state index in [-0.39, 0.29) is 11.0 Å². The van der Waals surface area contributed by atoms with E-state index in [4.69, 9.17) is 9.68 Å². The Morgan fingerprint density at radius 2 is 2.00 bits per heavy atom. The van der Waals surface area contributed by atoms with E-state index in [2.05, 4.69) is 20.8 Å². The fourth-order valence-electron chi connectivity index (χ4n) is 1.81. The highest BCUT2D eigenvalue weighted by atomic mass is 16.4. The van der Waals surface area contributed by atoms with Crippen LogP contribution >= 0.6 is 0 Å². The van der Waals surface area contributed by atoms with Crippen LogP contribution in [0.1, 0.15) is 31.9 Å². The van der Waals surface area contributed by atoms with Crippen LogP contribution in [0, 0.1) is 11.3 Å². The Morgan fingerprint density at radius 1 is 1.29 bits per heavy atom. The van der Waals surface area contributed by atoms with E-state index < -0.39 is 5.63 Å². The van der Waals surface area contributed by atoms with Crippen LogP contribution in [0.4, 0.5) is 0 Å². The quantitative estimate of drug-likeness (QED) is 0.650. The van der Waals surface area contributed by atoms with Crippen molar-refractivity contribution in [1.29, 1.82) is 5.26 Å². The minimum absolute atomic E-state index is 0.0450. The smallest absolute Gasteiger partial charge is 0.354 e. The van der Waals surface area contributed by atoms with Crippen molar-refractivity contribution >= 4 is 11.0 Å². The molecular weight excluding hydrogens is 214 g/mol. The molecule has 0 saturated heterocycles. The Labute approximate surface area is 99.3 Å². The Bertz CT molecular complexity index is 669. The average molecular weight is 227 g/mol. The molecular formula is C14H13NO2. The molecule has 0 aliphatic carbocycles. The third-order valence-electron chi connectivity index (χ3n) is 2.69. The standard InChI is InChI=1S/C14H13NO2/c1-14(2,3)11-6-4-5-9-7-10(8-15)13(16)17-12(9)11/h4-7H,1-3H3. The zero-order valence-electron chi connectivity index (χ0n) is 10.1. The normalized spacial score (nSPS) is 11.4. The first kappa shape index (κ1) is 11.4. The Kier molecular flexibility index (Phi) is 2.51. The van der Waals surface area contributed by atoms with Crippen molar-refractivity contribution in [2.24, 2.45) is 0 Å². The monoisotopic (exact) mass is 227 g/mol. The SMILES string of the molecule is CC(C)(C)c1cccc2cc(C#N)c(=O)oc12. The number of hydrogen-bond acceptors (Lipinski definition) is 3. The van der Waals surface area contributed by atoms with Crippen LogP contribution in [0.3, 0.4) is 0 Å². The first-order chi connectivity index (χ1) is 7.93. The maximum Gasteiger partial charge on any atom is 0.354 e. The van der Waals surface area contributed by atoms with Gasteiger partial charge in [0.1, 0.15) is 17.2 Å². The predicted octanol–water partition coefficient (Wildman–Crippen LogP) is 2.96. The molecule has 0 radical (unpaired) electrons. The molecule has 0 spiro atoms. The van der Waals surface area contributed by atoms with Crippen LogP contribution in [-0.4, -0.2) is 0 Å². The maximum absolute atomic E-state index is 11.6. The van der Waals surface area contributed by atoms with Crippen LogP contribution in [0.2, 0.25) is 0 Å². The van der Waals surface area contributed by atoms with Gasteiger partial charge in [0.15, 0.2) is 0 Å². The molecule has 17 heavy (non-hydrogen) atoms. The molecule has 2 rings (SSSR count). The molecule has 86 valence electrons. The van der Waals surface area contributed by atoms with E-state index in [1.807, 2.05) is 24.3 Å².